The van der Waals surface area contributed by atoms with Crippen molar-refractivity contribution in [2.75, 3.05) is 0 Å². The molecule has 0 radical (unpaired) electrons. The number of hydrogen-bond donors (Lipinski definition) is 0. The Kier molecular flexibility index (Phi) is 3.70. The Balaban J connectivity index is 1.19. The van der Waals surface area contributed by atoms with E-state index in [0.717, 1.165) is 25.7 Å². The number of carbonyl (C=O) groups excluding carboxylic acids is 4. The van der Waals surface area contributed by atoms with Crippen LogP contribution in [0.2, 0.25) is 0 Å². The average molecular weight is 521 g/mol. The molecule has 0 unspecified atom stereocenters. The smallest absolute Gasteiger partial charge is 0.231 e. The van der Waals surface area contributed by atoms with Crippen LogP contribution in [0.25, 0.3) is 0 Å². The van der Waals surface area contributed by atoms with Crippen molar-refractivity contribution in [3.8, 4) is 0 Å². The molecule has 0 aromatic rings. The molecule has 4 saturated heterocycles. The molecule has 6 aliphatic carbocycles. The van der Waals surface area contributed by atoms with Crippen molar-refractivity contribution in [1.29, 1.82) is 0 Å². The lowest BCUT2D eigenvalue weighted by molar-refractivity contribution is -0.241. The third kappa shape index (κ3) is 1.97. The van der Waals surface area contributed by atoms with Gasteiger partial charge < -0.3 is 9.47 Å². The van der Waals surface area contributed by atoms with E-state index >= 15 is 0 Å². The molecule has 0 bridgehead atoms. The lowest BCUT2D eigenvalue weighted by atomic mass is 9.60. The van der Waals surface area contributed by atoms with Crippen LogP contribution in [0.15, 0.2) is 0 Å². The van der Waals surface area contributed by atoms with Gasteiger partial charge in [0.25, 0.3) is 0 Å². The molecule has 202 valence electrons. The zero-order chi connectivity index (χ0) is 25.6. The SMILES string of the molecule is C[C@]12[C@H]3[C@@H]4[C@@H]5[C@@H]6[C@H]7[C@@H](CC[C@@H]7O[C@H](N7C(=O)CCC7=O)[C@@]6(C)[C@@H]4[C@@H]4CC[C@H](O[C@@H]1N1C(=O)CCC1=O)[C@@H]43)[C@H]52. The average Bonchev–Trinajstić information content (AvgIpc) is 3.70. The maximum absolute atomic E-state index is 13.1. The highest BCUT2D eigenvalue weighted by Crippen LogP contribution is 2.88. The van der Waals surface area contributed by atoms with Gasteiger partial charge in [-0.3, -0.25) is 29.0 Å². The summed E-state index contributed by atoms with van der Waals surface area (Å²) in [4.78, 5) is 55.7. The Morgan fingerprint density at radius 2 is 0.921 bits per heavy atom. The van der Waals surface area contributed by atoms with E-state index in [2.05, 4.69) is 13.8 Å². The van der Waals surface area contributed by atoms with E-state index < -0.39 is 12.5 Å². The van der Waals surface area contributed by atoms with Crippen LogP contribution < -0.4 is 0 Å². The predicted molar refractivity (Wildman–Crippen MR) is 129 cm³/mol. The first-order chi connectivity index (χ1) is 18.3. The van der Waals surface area contributed by atoms with Crippen molar-refractivity contribution in [2.24, 2.45) is 70.0 Å². The second-order valence-corrected chi connectivity index (χ2v) is 15.0. The molecule has 10 fully saturated rings. The molecule has 6 saturated carbocycles. The lowest BCUT2D eigenvalue weighted by Gasteiger charge is -2.55. The van der Waals surface area contributed by atoms with Gasteiger partial charge in [-0.25, -0.2) is 0 Å². The molecule has 38 heavy (non-hydrogen) atoms. The summed E-state index contributed by atoms with van der Waals surface area (Å²) in [6, 6.07) is 0. The highest BCUT2D eigenvalue weighted by Gasteiger charge is 2.88. The molecule has 8 nitrogen and oxygen atoms in total. The van der Waals surface area contributed by atoms with Gasteiger partial charge in [0.05, 0.1) is 12.2 Å². The van der Waals surface area contributed by atoms with Gasteiger partial charge in [-0.2, -0.15) is 0 Å². The molecule has 0 N–H and O–H groups in total. The van der Waals surface area contributed by atoms with Crippen molar-refractivity contribution >= 4 is 23.6 Å². The van der Waals surface area contributed by atoms with Gasteiger partial charge in [0, 0.05) is 36.5 Å². The molecule has 8 heteroatoms. The Bertz CT molecular complexity index is 1120. The van der Waals surface area contributed by atoms with Crippen molar-refractivity contribution in [3.05, 3.63) is 0 Å². The van der Waals surface area contributed by atoms with Crippen LogP contribution in [0.1, 0.15) is 65.2 Å². The van der Waals surface area contributed by atoms with Gasteiger partial charge in [-0.05, 0) is 84.9 Å². The summed E-state index contributed by atoms with van der Waals surface area (Å²) in [5.74, 6) is 4.27. The van der Waals surface area contributed by atoms with Gasteiger partial charge in [0.1, 0.15) is 12.5 Å². The first-order valence-corrected chi connectivity index (χ1v) is 15.3. The molecule has 0 aromatic heterocycles. The standard InChI is InChI=1S/C30H36N2O6/c1-29-23-11-3-5-14-20(11)26-21(23)22-24(30(26,2)28(38-14)32-17(35)9-10-18(32)36)12-4-6-13(19(12)25(22)29)37-27(29)31-15(33)7-8-16(31)34/h11-14,19-28H,3-10H2,1-2H3/t11-,12-,13+,14+,19-,20+,21+,22-,23-,24-,25-,26+,27+,28+,29+,30+/m1/s1. The van der Waals surface area contributed by atoms with Crippen LogP contribution in [-0.2, 0) is 28.7 Å². The first-order valence-electron chi connectivity index (χ1n) is 15.3. The molecule has 16 atom stereocenters. The summed E-state index contributed by atoms with van der Waals surface area (Å²) in [5.41, 5.74) is -0.479. The van der Waals surface area contributed by atoms with Gasteiger partial charge in [-0.1, -0.05) is 13.8 Å². The summed E-state index contributed by atoms with van der Waals surface area (Å²) in [7, 11) is 0. The van der Waals surface area contributed by atoms with Crippen LogP contribution in [0, 0.1) is 70.0 Å². The largest absolute Gasteiger partial charge is 0.354 e. The third-order valence-electron chi connectivity index (χ3n) is 14.5. The van der Waals surface area contributed by atoms with Crippen LogP contribution in [0.4, 0.5) is 0 Å². The fourth-order valence-electron chi connectivity index (χ4n) is 14.2. The monoisotopic (exact) mass is 520 g/mol. The summed E-state index contributed by atoms with van der Waals surface area (Å²) >= 11 is 0. The zero-order valence-corrected chi connectivity index (χ0v) is 22.1. The van der Waals surface area contributed by atoms with E-state index in [1.165, 1.54) is 0 Å². The Hall–Kier alpha value is -1.80. The van der Waals surface area contributed by atoms with Crippen LogP contribution in [0.5, 0.6) is 0 Å². The van der Waals surface area contributed by atoms with E-state index in [9.17, 15) is 19.2 Å². The zero-order valence-electron chi connectivity index (χ0n) is 22.1. The lowest BCUT2D eigenvalue weighted by Crippen LogP contribution is -2.62. The van der Waals surface area contributed by atoms with Gasteiger partial charge >= 0.3 is 0 Å². The number of carbonyl (C=O) groups is 4. The maximum Gasteiger partial charge on any atom is 0.231 e. The Labute approximate surface area is 222 Å². The van der Waals surface area contributed by atoms with Crippen molar-refractivity contribution in [3.63, 3.8) is 0 Å². The summed E-state index contributed by atoms with van der Waals surface area (Å²) in [6.07, 6.45) is 4.59. The minimum Gasteiger partial charge on any atom is -0.354 e. The first kappa shape index (κ1) is 22.0. The van der Waals surface area contributed by atoms with E-state index in [1.807, 2.05) is 0 Å². The van der Waals surface area contributed by atoms with Crippen molar-refractivity contribution in [1.82, 2.24) is 9.80 Å². The minimum absolute atomic E-state index is 0.0557. The second kappa shape index (κ2) is 6.40. The Morgan fingerprint density at radius 3 is 1.29 bits per heavy atom. The van der Waals surface area contributed by atoms with E-state index in [0.29, 0.717) is 84.9 Å². The third-order valence-corrected chi connectivity index (χ3v) is 14.5. The minimum atomic E-state index is -0.451. The number of fused-ring (bicyclic) bond motifs is 4. The maximum atomic E-state index is 13.1. The van der Waals surface area contributed by atoms with Crippen LogP contribution in [0.3, 0.4) is 0 Å². The number of amides is 4. The van der Waals surface area contributed by atoms with E-state index in [1.54, 1.807) is 9.80 Å². The predicted octanol–water partition coefficient (Wildman–Crippen LogP) is 2.55. The molecule has 0 aromatic carbocycles. The molecule has 4 aliphatic heterocycles. The molecule has 10 rings (SSSR count). The fourth-order valence-corrected chi connectivity index (χ4v) is 14.2. The number of hydrogen-bond acceptors (Lipinski definition) is 6. The highest BCUT2D eigenvalue weighted by atomic mass is 16.5. The van der Waals surface area contributed by atoms with E-state index in [4.69, 9.17) is 9.47 Å². The summed E-state index contributed by atoms with van der Waals surface area (Å²) in [6.45, 7) is 4.79. The molecular weight excluding hydrogens is 484 g/mol. The topological polar surface area (TPSA) is 93.2 Å². The number of nitrogens with zero attached hydrogens (tertiary/aromatic N) is 2. The molecule has 4 amide bonds. The number of ether oxygens (including phenoxy) is 2. The number of rotatable bonds is 2. The molecule has 10 aliphatic rings. The summed E-state index contributed by atoms with van der Waals surface area (Å²) < 4.78 is 14.0. The normalized spacial score (nSPS) is 62.3. The van der Waals surface area contributed by atoms with Gasteiger partial charge in [0.15, 0.2) is 0 Å². The fraction of sp³-hybridized carbons (Fsp3) is 0.867. The Morgan fingerprint density at radius 1 is 0.553 bits per heavy atom. The van der Waals surface area contributed by atoms with Gasteiger partial charge in [0.2, 0.25) is 23.6 Å². The molecular formula is C30H36N2O6. The molecule has 0 spiro atoms. The number of likely N-dealkylation sites (tertiary alicyclic amines) is 2. The molecule has 4 heterocycles. The highest BCUT2D eigenvalue weighted by molar-refractivity contribution is 6.02. The number of imide groups is 2. The quantitative estimate of drug-likeness (QED) is 0.520. The van der Waals surface area contributed by atoms with Crippen LogP contribution >= 0.6 is 0 Å². The van der Waals surface area contributed by atoms with E-state index in [-0.39, 0.29) is 46.7 Å². The van der Waals surface area contributed by atoms with Crippen molar-refractivity contribution in [2.45, 2.75) is 89.9 Å². The van der Waals surface area contributed by atoms with Gasteiger partial charge in [-0.15, -0.1) is 0 Å². The van der Waals surface area contributed by atoms with Crippen LogP contribution in [-0.4, -0.2) is 58.1 Å². The summed E-state index contributed by atoms with van der Waals surface area (Å²) in [5, 5.41) is 0. The second-order valence-electron chi connectivity index (χ2n) is 15.0. The van der Waals surface area contributed by atoms with Crippen molar-refractivity contribution < 1.29 is 28.7 Å².